The van der Waals surface area contributed by atoms with Gasteiger partial charge in [0.2, 0.25) is 0 Å². The molecule has 0 bridgehead atoms. The number of likely N-dealkylation sites (tertiary alicyclic amines) is 1. The predicted octanol–water partition coefficient (Wildman–Crippen LogP) is 2.56. The van der Waals surface area contributed by atoms with Crippen molar-refractivity contribution >= 4 is 5.78 Å². The van der Waals surface area contributed by atoms with Gasteiger partial charge >= 0.3 is 0 Å². The molecule has 0 unspecified atom stereocenters. The molecule has 0 aromatic carbocycles. The maximum Gasteiger partial charge on any atom is 0.140 e. The fourth-order valence-corrected chi connectivity index (χ4v) is 2.81. The van der Waals surface area contributed by atoms with E-state index in [9.17, 15) is 4.79 Å². The van der Waals surface area contributed by atoms with Crippen molar-refractivity contribution in [3.63, 3.8) is 0 Å². The van der Waals surface area contributed by atoms with Crippen molar-refractivity contribution in [1.29, 1.82) is 0 Å². The number of rotatable bonds is 2. The van der Waals surface area contributed by atoms with Crippen LogP contribution in [0.15, 0.2) is 23.8 Å². The van der Waals surface area contributed by atoms with E-state index in [-0.39, 0.29) is 5.41 Å². The van der Waals surface area contributed by atoms with Crippen molar-refractivity contribution in [2.45, 2.75) is 32.6 Å². The van der Waals surface area contributed by atoms with Crippen LogP contribution in [-0.4, -0.2) is 30.8 Å². The minimum absolute atomic E-state index is 0.177. The van der Waals surface area contributed by atoms with Gasteiger partial charge < -0.3 is 4.90 Å². The van der Waals surface area contributed by atoms with E-state index in [0.717, 1.165) is 38.8 Å². The third kappa shape index (κ3) is 1.99. The van der Waals surface area contributed by atoms with Gasteiger partial charge in [-0.1, -0.05) is 18.2 Å². The van der Waals surface area contributed by atoms with E-state index in [1.54, 1.807) is 6.92 Å². The Morgan fingerprint density at radius 1 is 1.31 bits per heavy atom. The Labute approximate surface area is 98.0 Å². The third-order valence-electron chi connectivity index (χ3n) is 4.06. The molecule has 0 spiro atoms. The molecule has 1 saturated heterocycles. The first kappa shape index (κ1) is 11.6. The molecule has 0 N–H and O–H groups in total. The van der Waals surface area contributed by atoms with Crippen LogP contribution in [0.25, 0.3) is 0 Å². The number of hydrogen-bond donors (Lipinski definition) is 0. The Hall–Kier alpha value is -0.890. The molecule has 0 amide bonds. The lowest BCUT2D eigenvalue weighted by atomic mass is 9.68. The van der Waals surface area contributed by atoms with Crippen molar-refractivity contribution < 1.29 is 4.79 Å². The number of piperidine rings is 1. The van der Waals surface area contributed by atoms with Crippen LogP contribution in [0.5, 0.6) is 0 Å². The fourth-order valence-electron chi connectivity index (χ4n) is 2.81. The van der Waals surface area contributed by atoms with Gasteiger partial charge in [-0.15, -0.1) is 0 Å². The Morgan fingerprint density at radius 2 is 2.00 bits per heavy atom. The first-order valence-corrected chi connectivity index (χ1v) is 6.22. The molecule has 0 atom stereocenters. The Bertz CT molecular complexity index is 333. The summed E-state index contributed by atoms with van der Waals surface area (Å²) in [5.74, 6) is 0.346. The average molecular weight is 219 g/mol. The van der Waals surface area contributed by atoms with E-state index in [0.29, 0.717) is 5.78 Å². The van der Waals surface area contributed by atoms with E-state index in [1.165, 1.54) is 5.57 Å². The van der Waals surface area contributed by atoms with Crippen molar-refractivity contribution in [3.8, 4) is 0 Å². The summed E-state index contributed by atoms with van der Waals surface area (Å²) in [4.78, 5) is 14.3. The molecule has 1 aliphatic carbocycles. The first-order chi connectivity index (χ1) is 7.65. The zero-order valence-corrected chi connectivity index (χ0v) is 10.3. The summed E-state index contributed by atoms with van der Waals surface area (Å²) in [5, 5.41) is 0. The van der Waals surface area contributed by atoms with Crippen LogP contribution in [0.3, 0.4) is 0 Å². The standard InChI is InChI=1S/C14H21NO/c1-12(16)14(8-10-15(2)11-9-14)13-6-4-3-5-7-13/h4,6-7H,3,5,8-11H2,1-2H3. The second kappa shape index (κ2) is 4.54. The summed E-state index contributed by atoms with van der Waals surface area (Å²) in [6.07, 6.45) is 10.8. The second-order valence-corrected chi connectivity index (χ2v) is 5.08. The minimum atomic E-state index is -0.177. The molecule has 0 saturated carbocycles. The molecular formula is C14H21NO. The smallest absolute Gasteiger partial charge is 0.140 e. The largest absolute Gasteiger partial charge is 0.306 e. The zero-order valence-electron chi connectivity index (χ0n) is 10.3. The lowest BCUT2D eigenvalue weighted by molar-refractivity contribution is -0.126. The molecule has 0 aromatic heterocycles. The van der Waals surface area contributed by atoms with Gasteiger partial charge in [0, 0.05) is 0 Å². The van der Waals surface area contributed by atoms with Crippen LogP contribution in [0.2, 0.25) is 0 Å². The highest BCUT2D eigenvalue weighted by molar-refractivity contribution is 5.86. The molecule has 1 fully saturated rings. The van der Waals surface area contributed by atoms with Gasteiger partial charge in [0.05, 0.1) is 5.41 Å². The van der Waals surface area contributed by atoms with Crippen molar-refractivity contribution in [1.82, 2.24) is 4.90 Å². The summed E-state index contributed by atoms with van der Waals surface area (Å²) in [5.41, 5.74) is 1.10. The van der Waals surface area contributed by atoms with Gasteiger partial charge in [0.1, 0.15) is 5.78 Å². The topological polar surface area (TPSA) is 20.3 Å². The number of allylic oxidation sites excluding steroid dienone is 4. The van der Waals surface area contributed by atoms with Crippen LogP contribution in [-0.2, 0) is 4.79 Å². The summed E-state index contributed by atoms with van der Waals surface area (Å²) in [6, 6.07) is 0. The lowest BCUT2D eigenvalue weighted by Gasteiger charge is -2.40. The lowest BCUT2D eigenvalue weighted by Crippen LogP contribution is -2.43. The normalized spacial score (nSPS) is 25.2. The van der Waals surface area contributed by atoms with E-state index in [2.05, 4.69) is 30.2 Å². The Morgan fingerprint density at radius 3 is 2.50 bits per heavy atom. The highest BCUT2D eigenvalue weighted by Crippen LogP contribution is 2.41. The number of nitrogens with zero attached hydrogens (tertiary/aromatic N) is 1. The molecule has 1 heterocycles. The first-order valence-electron chi connectivity index (χ1n) is 6.22. The van der Waals surface area contributed by atoms with Gasteiger partial charge in [0.15, 0.2) is 0 Å². The highest BCUT2D eigenvalue weighted by Gasteiger charge is 2.40. The Kier molecular flexibility index (Phi) is 3.29. The third-order valence-corrected chi connectivity index (χ3v) is 4.06. The van der Waals surface area contributed by atoms with Crippen molar-refractivity contribution in [2.24, 2.45) is 5.41 Å². The van der Waals surface area contributed by atoms with E-state index >= 15 is 0 Å². The van der Waals surface area contributed by atoms with Crippen molar-refractivity contribution in [3.05, 3.63) is 23.8 Å². The predicted molar refractivity (Wildman–Crippen MR) is 66.3 cm³/mol. The van der Waals surface area contributed by atoms with Crippen LogP contribution in [0.4, 0.5) is 0 Å². The average Bonchev–Trinajstić information content (AvgIpc) is 2.31. The molecule has 2 aliphatic rings. The molecule has 0 radical (unpaired) electrons. The molecule has 2 heteroatoms. The molecule has 16 heavy (non-hydrogen) atoms. The van der Waals surface area contributed by atoms with Crippen LogP contribution in [0.1, 0.15) is 32.6 Å². The van der Waals surface area contributed by atoms with Gasteiger partial charge in [-0.2, -0.15) is 0 Å². The Balaban J connectivity index is 2.25. The fraction of sp³-hybridized carbons (Fsp3) is 0.643. The highest BCUT2D eigenvalue weighted by atomic mass is 16.1. The van der Waals surface area contributed by atoms with Crippen molar-refractivity contribution in [2.75, 3.05) is 20.1 Å². The maximum absolute atomic E-state index is 12.0. The summed E-state index contributed by atoms with van der Waals surface area (Å²) in [6.45, 7) is 3.82. The second-order valence-electron chi connectivity index (χ2n) is 5.08. The van der Waals surface area contributed by atoms with Gasteiger partial charge in [-0.25, -0.2) is 0 Å². The monoisotopic (exact) mass is 219 g/mol. The van der Waals surface area contributed by atoms with E-state index < -0.39 is 0 Å². The minimum Gasteiger partial charge on any atom is -0.306 e. The van der Waals surface area contributed by atoms with Gasteiger partial charge in [-0.3, -0.25) is 4.79 Å². The molecule has 88 valence electrons. The van der Waals surface area contributed by atoms with Crippen LogP contribution in [0, 0.1) is 5.41 Å². The zero-order chi connectivity index (χ0) is 11.6. The van der Waals surface area contributed by atoms with Gasteiger partial charge in [-0.05, 0) is 58.3 Å². The van der Waals surface area contributed by atoms with Gasteiger partial charge in [0.25, 0.3) is 0 Å². The number of carbonyl (C=O) groups is 1. The number of carbonyl (C=O) groups excluding carboxylic acids is 1. The van der Waals surface area contributed by atoms with E-state index in [4.69, 9.17) is 0 Å². The number of Topliss-reactive ketones (excluding diaryl/α,β-unsaturated/α-hetero) is 1. The summed E-state index contributed by atoms with van der Waals surface area (Å²) >= 11 is 0. The molecule has 2 rings (SSSR count). The summed E-state index contributed by atoms with van der Waals surface area (Å²) in [7, 11) is 2.13. The molecule has 1 aliphatic heterocycles. The summed E-state index contributed by atoms with van der Waals surface area (Å²) < 4.78 is 0. The molecule has 2 nitrogen and oxygen atoms in total. The maximum atomic E-state index is 12.0. The van der Waals surface area contributed by atoms with E-state index in [1.807, 2.05) is 0 Å². The number of hydrogen-bond acceptors (Lipinski definition) is 2. The molecular weight excluding hydrogens is 198 g/mol. The van der Waals surface area contributed by atoms with Crippen LogP contribution >= 0.6 is 0 Å². The van der Waals surface area contributed by atoms with Crippen LogP contribution < -0.4 is 0 Å². The molecule has 0 aromatic rings. The quantitative estimate of drug-likeness (QED) is 0.711. The SMILES string of the molecule is CC(=O)C1(C2=CCCC=C2)CCN(C)CC1. The number of ketones is 1.